The van der Waals surface area contributed by atoms with E-state index in [1.807, 2.05) is 30.3 Å². The van der Waals surface area contributed by atoms with Crippen LogP contribution in [0.2, 0.25) is 0 Å². The van der Waals surface area contributed by atoms with Crippen molar-refractivity contribution in [3.05, 3.63) is 35.4 Å². The maximum Gasteiger partial charge on any atom is 0.118 e. The number of methoxy groups -OCH3 is 1. The van der Waals surface area contributed by atoms with Gasteiger partial charge in [-0.3, -0.25) is 0 Å². The second kappa shape index (κ2) is 11.3. The monoisotopic (exact) mass is 394 g/mol. The van der Waals surface area contributed by atoms with Crippen molar-refractivity contribution in [3.8, 4) is 27.4 Å². The Balaban J connectivity index is 2.52. The van der Waals surface area contributed by atoms with Gasteiger partial charge in [-0.25, -0.2) is 0 Å². The van der Waals surface area contributed by atoms with Crippen LogP contribution < -0.4 is 4.74 Å². The average molecular weight is 394 g/mol. The highest BCUT2D eigenvalue weighted by Gasteiger charge is 1.94. The van der Waals surface area contributed by atoms with Crippen molar-refractivity contribution in [1.82, 2.24) is 0 Å². The molecule has 110 valence electrons. The highest BCUT2D eigenvalue weighted by atomic mass is 127. The Morgan fingerprint density at radius 1 is 1.19 bits per heavy atom. The average Bonchev–Trinajstić information content (AvgIpc) is 2.53. The van der Waals surface area contributed by atoms with E-state index in [1.54, 1.807) is 7.11 Å². The largest absolute Gasteiger partial charge is 0.497 e. The summed E-state index contributed by atoms with van der Waals surface area (Å²) in [5.41, 5.74) is 1.73. The molecule has 0 aromatic heterocycles. The summed E-state index contributed by atoms with van der Waals surface area (Å²) < 4.78 is 7.97. The molecule has 0 amide bonds. The molecule has 1 aromatic rings. The molecule has 0 atom stereocenters. The third-order valence-corrected chi connectivity index (χ3v) is 3.18. The summed E-state index contributed by atoms with van der Waals surface area (Å²) >= 11 is 2.05. The molecule has 0 fully saturated rings. The van der Waals surface area contributed by atoms with E-state index in [0.717, 1.165) is 42.6 Å². The molecule has 0 saturated heterocycles. The van der Waals surface area contributed by atoms with Gasteiger partial charge in [0, 0.05) is 41.0 Å². The van der Waals surface area contributed by atoms with Gasteiger partial charge in [0.25, 0.3) is 0 Å². The molecule has 0 aliphatic carbocycles. The second-order valence-corrected chi connectivity index (χ2v) is 4.92. The molecule has 21 heavy (non-hydrogen) atoms. The van der Waals surface area contributed by atoms with Crippen LogP contribution in [0.15, 0.2) is 29.8 Å². The second-order valence-electron chi connectivity index (χ2n) is 4.38. The summed E-state index contributed by atoms with van der Waals surface area (Å²) in [6.45, 7) is -0.0423. The van der Waals surface area contributed by atoms with E-state index < -0.39 is 0 Å². The van der Waals surface area contributed by atoms with Crippen molar-refractivity contribution in [2.45, 2.75) is 25.7 Å². The van der Waals surface area contributed by atoms with Gasteiger partial charge in [0.05, 0.1) is 13.7 Å². The molecule has 0 aliphatic heterocycles. The minimum atomic E-state index is -0.0423. The first-order valence-electron chi connectivity index (χ1n) is 6.83. The summed E-state index contributed by atoms with van der Waals surface area (Å²) in [7, 11) is 1.64. The molecule has 0 unspecified atom stereocenters. The molecule has 0 radical (unpaired) electrons. The van der Waals surface area contributed by atoms with E-state index in [1.165, 1.54) is 0 Å². The minimum absolute atomic E-state index is 0.0423. The minimum Gasteiger partial charge on any atom is -0.497 e. The van der Waals surface area contributed by atoms with Crippen molar-refractivity contribution in [2.24, 2.45) is 0 Å². The highest BCUT2D eigenvalue weighted by molar-refractivity contribution is 14.1. The van der Waals surface area contributed by atoms with Crippen molar-refractivity contribution >= 4 is 28.7 Å². The zero-order valence-electron chi connectivity index (χ0n) is 12.2. The number of unbranched alkanes of at least 4 members (excludes halogenated alkanes) is 3. The van der Waals surface area contributed by atoms with Crippen molar-refractivity contribution in [2.75, 3.05) is 13.7 Å². The number of ether oxygens (including phenoxy) is 1. The number of hydrogen-bond acceptors (Lipinski definition) is 2. The lowest BCUT2D eigenvalue weighted by Crippen LogP contribution is -1.87. The molecule has 1 N–H and O–H groups in total. The Kier molecular flexibility index (Phi) is 9.44. The van der Waals surface area contributed by atoms with Crippen LogP contribution in [0.3, 0.4) is 0 Å². The fraction of sp³-hybridized carbons (Fsp3) is 0.333. The molecular formula is C18H19IO2. The van der Waals surface area contributed by atoms with E-state index >= 15 is 0 Å². The van der Waals surface area contributed by atoms with Crippen LogP contribution in [0.1, 0.15) is 31.2 Å². The van der Waals surface area contributed by atoms with Gasteiger partial charge in [-0.2, -0.15) is 0 Å². The Labute approximate surface area is 140 Å². The van der Waals surface area contributed by atoms with Crippen LogP contribution in [0.4, 0.5) is 0 Å². The molecule has 3 heteroatoms. The normalized spacial score (nSPS) is 10.1. The molecule has 1 rings (SSSR count). The Hall–Kier alpha value is -1.43. The Morgan fingerprint density at radius 2 is 1.86 bits per heavy atom. The molecule has 0 heterocycles. The summed E-state index contributed by atoms with van der Waals surface area (Å²) in [5, 5.41) is 9.35. The maximum atomic E-state index is 9.35. The SMILES string of the molecule is COc1ccc(C=C(C#CCCCCC#CI)CO)cc1. The first-order valence-corrected chi connectivity index (χ1v) is 7.91. The quantitative estimate of drug-likeness (QED) is 0.449. The van der Waals surface area contributed by atoms with Gasteiger partial charge in [-0.15, -0.1) is 0 Å². The Morgan fingerprint density at radius 3 is 2.43 bits per heavy atom. The fourth-order valence-corrected chi connectivity index (χ4v) is 1.94. The van der Waals surface area contributed by atoms with Crippen LogP contribution >= 0.6 is 22.6 Å². The van der Waals surface area contributed by atoms with E-state index in [9.17, 15) is 5.11 Å². The molecule has 0 bridgehead atoms. The number of aliphatic hydroxyl groups excluding tert-OH is 1. The predicted octanol–water partition coefficient (Wildman–Crippen LogP) is 4.03. The molecule has 1 aromatic carbocycles. The third-order valence-electron chi connectivity index (χ3n) is 2.80. The molecule has 0 saturated carbocycles. The summed E-state index contributed by atoms with van der Waals surface area (Å²) in [5.74, 6) is 9.98. The summed E-state index contributed by atoms with van der Waals surface area (Å²) in [6, 6.07) is 7.67. The van der Waals surface area contributed by atoms with Crippen LogP contribution in [0.5, 0.6) is 5.75 Å². The lowest BCUT2D eigenvalue weighted by Gasteiger charge is -2.00. The van der Waals surface area contributed by atoms with Gasteiger partial charge in [0.1, 0.15) is 5.75 Å². The Bertz CT molecular complexity index is 565. The molecule has 0 spiro atoms. The zero-order valence-corrected chi connectivity index (χ0v) is 14.3. The fourth-order valence-electron chi connectivity index (χ4n) is 1.67. The standard InChI is InChI=1S/C18H19IO2/c1-21-18-11-9-16(10-12-18)14-17(15-20)8-6-4-2-3-5-7-13-19/h9-12,14,20H,2-5,15H2,1H3. The highest BCUT2D eigenvalue weighted by Crippen LogP contribution is 2.13. The van der Waals surface area contributed by atoms with Crippen LogP contribution in [-0.4, -0.2) is 18.8 Å². The number of aliphatic hydroxyl groups is 1. The van der Waals surface area contributed by atoms with Gasteiger partial charge in [0.15, 0.2) is 0 Å². The van der Waals surface area contributed by atoms with E-state index in [4.69, 9.17) is 4.74 Å². The molecular weight excluding hydrogens is 375 g/mol. The summed E-state index contributed by atoms with van der Waals surface area (Å²) in [4.78, 5) is 0. The van der Waals surface area contributed by atoms with Gasteiger partial charge in [0.2, 0.25) is 0 Å². The van der Waals surface area contributed by atoms with Crippen molar-refractivity contribution in [3.63, 3.8) is 0 Å². The first kappa shape index (κ1) is 17.6. The lowest BCUT2D eigenvalue weighted by molar-refractivity contribution is 0.337. The maximum absolute atomic E-state index is 9.35. The van der Waals surface area contributed by atoms with Gasteiger partial charge >= 0.3 is 0 Å². The summed E-state index contributed by atoms with van der Waals surface area (Å²) in [6.07, 6.45) is 5.77. The smallest absolute Gasteiger partial charge is 0.118 e. The third kappa shape index (κ3) is 7.80. The van der Waals surface area contributed by atoms with Crippen LogP contribution in [0, 0.1) is 21.7 Å². The van der Waals surface area contributed by atoms with Gasteiger partial charge in [-0.1, -0.05) is 29.9 Å². The van der Waals surface area contributed by atoms with Crippen molar-refractivity contribution in [1.29, 1.82) is 0 Å². The predicted molar refractivity (Wildman–Crippen MR) is 96.1 cm³/mol. The number of rotatable bonds is 6. The lowest BCUT2D eigenvalue weighted by atomic mass is 10.1. The van der Waals surface area contributed by atoms with E-state index in [-0.39, 0.29) is 6.61 Å². The van der Waals surface area contributed by atoms with Crippen LogP contribution in [-0.2, 0) is 0 Å². The van der Waals surface area contributed by atoms with E-state index in [2.05, 4.69) is 44.3 Å². The number of halogens is 1. The number of benzene rings is 1. The number of hydrogen-bond donors (Lipinski definition) is 1. The first-order chi connectivity index (χ1) is 10.3. The molecule has 0 aliphatic rings. The van der Waals surface area contributed by atoms with E-state index in [0.29, 0.717) is 0 Å². The van der Waals surface area contributed by atoms with Crippen molar-refractivity contribution < 1.29 is 9.84 Å². The zero-order chi connectivity index (χ0) is 15.3. The molecule has 2 nitrogen and oxygen atoms in total. The van der Waals surface area contributed by atoms with Crippen LogP contribution in [0.25, 0.3) is 6.08 Å². The van der Waals surface area contributed by atoms with Gasteiger partial charge in [-0.05, 0) is 40.5 Å². The van der Waals surface area contributed by atoms with Gasteiger partial charge < -0.3 is 9.84 Å². The topological polar surface area (TPSA) is 29.5 Å².